The fraction of sp³-hybridized carbons (Fsp3) is 0.333. The topological polar surface area (TPSA) is 68.7 Å². The van der Waals surface area contributed by atoms with Crippen LogP contribution in [0.3, 0.4) is 0 Å². The van der Waals surface area contributed by atoms with Crippen LogP contribution in [0.2, 0.25) is 0 Å². The number of carboxylic acid groups (broad SMARTS) is 1. The molecule has 1 aromatic heterocycles. The van der Waals surface area contributed by atoms with Crippen molar-refractivity contribution < 1.29 is 41.3 Å². The van der Waals surface area contributed by atoms with Crippen LogP contribution in [0.4, 0.5) is 22.0 Å². The molecule has 0 fully saturated rings. The van der Waals surface area contributed by atoms with Gasteiger partial charge in [0.2, 0.25) is 5.88 Å². The molecule has 0 spiro atoms. The summed E-state index contributed by atoms with van der Waals surface area (Å²) in [5.74, 6) is -4.04. The average Bonchev–Trinajstić information content (AvgIpc) is 2.24. The summed E-state index contributed by atoms with van der Waals surface area (Å²) in [5.41, 5.74) is -2.19. The highest BCUT2D eigenvalue weighted by atomic mass is 19.4. The van der Waals surface area contributed by atoms with Crippen molar-refractivity contribution in [1.82, 2.24) is 4.98 Å². The molecule has 0 aliphatic rings. The molecule has 0 aliphatic carbocycles. The summed E-state index contributed by atoms with van der Waals surface area (Å²) in [6.45, 7) is 0. The Morgan fingerprint density at radius 3 is 2.37 bits per heavy atom. The zero-order chi connectivity index (χ0) is 14.8. The first-order chi connectivity index (χ1) is 8.65. The molecular formula is C9H6F5NO4. The van der Waals surface area contributed by atoms with Crippen LogP contribution in [-0.4, -0.2) is 29.5 Å². The third-order valence-corrected chi connectivity index (χ3v) is 1.86. The summed E-state index contributed by atoms with van der Waals surface area (Å²) >= 11 is 0. The Labute approximate surface area is 102 Å². The highest BCUT2D eigenvalue weighted by Crippen LogP contribution is 2.38. The molecule has 0 aromatic carbocycles. The fourth-order valence-corrected chi connectivity index (χ4v) is 1.18. The van der Waals surface area contributed by atoms with E-state index >= 15 is 0 Å². The predicted molar refractivity (Wildman–Crippen MR) is 49.4 cm³/mol. The van der Waals surface area contributed by atoms with Crippen molar-refractivity contribution in [3.05, 3.63) is 17.3 Å². The number of carbonyl (C=O) groups is 1. The van der Waals surface area contributed by atoms with Gasteiger partial charge in [0.05, 0.1) is 7.11 Å². The number of rotatable bonds is 4. The lowest BCUT2D eigenvalue weighted by Crippen LogP contribution is -2.20. The minimum Gasteiger partial charge on any atom is -0.496 e. The molecule has 0 bridgehead atoms. The number of ether oxygens (including phenoxy) is 2. The SMILES string of the molecule is COc1cc(C(=O)O)nc(OC(F)(F)F)c1C(F)F. The Hall–Kier alpha value is -2.13. The quantitative estimate of drug-likeness (QED) is 0.862. The lowest BCUT2D eigenvalue weighted by molar-refractivity contribution is -0.276. The Morgan fingerprint density at radius 2 is 2.00 bits per heavy atom. The van der Waals surface area contributed by atoms with Gasteiger partial charge in [-0.25, -0.2) is 18.6 Å². The predicted octanol–water partition coefficient (Wildman–Crippen LogP) is 2.62. The van der Waals surface area contributed by atoms with Crippen molar-refractivity contribution >= 4 is 5.97 Å². The standard InChI is InChI=1S/C9H6F5NO4/c1-18-4-2-3(8(16)17)15-7(5(4)6(10)11)19-9(12,13)14/h2,6H,1H3,(H,16,17). The maximum absolute atomic E-state index is 12.7. The number of hydrogen-bond donors (Lipinski definition) is 1. The molecule has 0 atom stereocenters. The second kappa shape index (κ2) is 5.24. The molecule has 5 nitrogen and oxygen atoms in total. The molecule has 1 aromatic rings. The van der Waals surface area contributed by atoms with E-state index in [0.717, 1.165) is 7.11 Å². The molecule has 106 valence electrons. The van der Waals surface area contributed by atoms with Crippen LogP contribution < -0.4 is 9.47 Å². The minimum absolute atomic E-state index is 0.576. The number of nitrogens with zero attached hydrogens (tertiary/aromatic N) is 1. The van der Waals surface area contributed by atoms with Crippen LogP contribution in [-0.2, 0) is 0 Å². The summed E-state index contributed by atoms with van der Waals surface area (Å²) in [5, 5.41) is 8.61. The van der Waals surface area contributed by atoms with Gasteiger partial charge in [0.25, 0.3) is 6.43 Å². The first-order valence-electron chi connectivity index (χ1n) is 4.51. The Morgan fingerprint density at radius 1 is 1.42 bits per heavy atom. The van der Waals surface area contributed by atoms with Gasteiger partial charge in [-0.1, -0.05) is 0 Å². The lowest BCUT2D eigenvalue weighted by Gasteiger charge is -2.15. The monoisotopic (exact) mass is 287 g/mol. The molecule has 0 saturated heterocycles. The highest BCUT2D eigenvalue weighted by Gasteiger charge is 2.36. The molecule has 1 heterocycles. The van der Waals surface area contributed by atoms with E-state index in [1.807, 2.05) is 0 Å². The molecular weight excluding hydrogens is 281 g/mol. The highest BCUT2D eigenvalue weighted by molar-refractivity contribution is 5.86. The van der Waals surface area contributed by atoms with Crippen molar-refractivity contribution in [2.24, 2.45) is 0 Å². The van der Waals surface area contributed by atoms with Gasteiger partial charge in [-0.3, -0.25) is 0 Å². The van der Waals surface area contributed by atoms with Crippen LogP contribution in [0.15, 0.2) is 6.07 Å². The number of pyridine rings is 1. The second-order valence-electron chi connectivity index (χ2n) is 3.08. The van der Waals surface area contributed by atoms with Crippen molar-refractivity contribution in [1.29, 1.82) is 0 Å². The smallest absolute Gasteiger partial charge is 0.496 e. The number of methoxy groups -OCH3 is 1. The molecule has 0 saturated carbocycles. The van der Waals surface area contributed by atoms with Crippen LogP contribution in [0.5, 0.6) is 11.6 Å². The number of halogens is 5. The van der Waals surface area contributed by atoms with Gasteiger partial charge in [0.15, 0.2) is 5.69 Å². The van der Waals surface area contributed by atoms with E-state index in [4.69, 9.17) is 5.11 Å². The van der Waals surface area contributed by atoms with E-state index in [9.17, 15) is 26.7 Å². The van der Waals surface area contributed by atoms with Gasteiger partial charge >= 0.3 is 12.3 Å². The van der Waals surface area contributed by atoms with Crippen molar-refractivity contribution in [3.63, 3.8) is 0 Å². The summed E-state index contributed by atoms with van der Waals surface area (Å²) in [7, 11) is 0.893. The van der Waals surface area contributed by atoms with Crippen molar-refractivity contribution in [2.45, 2.75) is 12.8 Å². The van der Waals surface area contributed by atoms with E-state index < -0.39 is 41.6 Å². The second-order valence-corrected chi connectivity index (χ2v) is 3.08. The minimum atomic E-state index is -5.29. The van der Waals surface area contributed by atoms with E-state index in [1.165, 1.54) is 0 Å². The van der Waals surface area contributed by atoms with Crippen LogP contribution in [0.25, 0.3) is 0 Å². The first-order valence-corrected chi connectivity index (χ1v) is 4.51. The number of aromatic nitrogens is 1. The van der Waals surface area contributed by atoms with E-state index in [1.54, 1.807) is 0 Å². The van der Waals surface area contributed by atoms with Crippen LogP contribution in [0.1, 0.15) is 22.5 Å². The summed E-state index contributed by atoms with van der Waals surface area (Å²) < 4.78 is 69.2. The Balaban J connectivity index is 3.45. The fourth-order valence-electron chi connectivity index (χ4n) is 1.18. The maximum Gasteiger partial charge on any atom is 0.574 e. The Kier molecular flexibility index (Phi) is 4.12. The summed E-state index contributed by atoms with van der Waals surface area (Å²) in [6, 6.07) is 0.576. The Bertz CT molecular complexity index is 488. The van der Waals surface area contributed by atoms with Gasteiger partial charge < -0.3 is 14.6 Å². The molecule has 0 amide bonds. The van der Waals surface area contributed by atoms with Gasteiger partial charge in [-0.15, -0.1) is 13.2 Å². The zero-order valence-corrected chi connectivity index (χ0v) is 9.16. The van der Waals surface area contributed by atoms with Gasteiger partial charge in [-0.05, 0) is 0 Å². The first kappa shape index (κ1) is 14.9. The third kappa shape index (κ3) is 3.66. The molecule has 19 heavy (non-hydrogen) atoms. The van der Waals surface area contributed by atoms with Crippen molar-refractivity contribution in [2.75, 3.05) is 7.11 Å². The summed E-state index contributed by atoms with van der Waals surface area (Å²) in [4.78, 5) is 13.5. The molecule has 1 rings (SSSR count). The largest absolute Gasteiger partial charge is 0.574 e. The van der Waals surface area contributed by atoms with Gasteiger partial charge in [-0.2, -0.15) is 0 Å². The third-order valence-electron chi connectivity index (χ3n) is 1.86. The maximum atomic E-state index is 12.7. The molecule has 0 unspecified atom stereocenters. The molecule has 0 radical (unpaired) electrons. The number of alkyl halides is 5. The van der Waals surface area contributed by atoms with Crippen molar-refractivity contribution in [3.8, 4) is 11.6 Å². The van der Waals surface area contributed by atoms with Crippen LogP contribution in [0, 0.1) is 0 Å². The average molecular weight is 287 g/mol. The van der Waals surface area contributed by atoms with Gasteiger partial charge in [0.1, 0.15) is 11.3 Å². The van der Waals surface area contributed by atoms with Gasteiger partial charge in [0, 0.05) is 6.07 Å². The van der Waals surface area contributed by atoms with E-state index in [-0.39, 0.29) is 0 Å². The normalized spacial score (nSPS) is 11.5. The summed E-state index contributed by atoms with van der Waals surface area (Å²) in [6.07, 6.45) is -8.68. The van der Waals surface area contributed by atoms with E-state index in [2.05, 4.69) is 14.5 Å². The zero-order valence-electron chi connectivity index (χ0n) is 9.16. The lowest BCUT2D eigenvalue weighted by atomic mass is 10.2. The molecule has 1 N–H and O–H groups in total. The number of carboxylic acids is 1. The molecule has 0 aliphatic heterocycles. The van der Waals surface area contributed by atoms with Crippen LogP contribution >= 0.6 is 0 Å². The number of aromatic carboxylic acids is 1. The van der Waals surface area contributed by atoms with E-state index in [0.29, 0.717) is 6.07 Å². The number of hydrogen-bond acceptors (Lipinski definition) is 4. The molecule has 10 heteroatoms.